The van der Waals surface area contributed by atoms with Gasteiger partial charge < -0.3 is 0 Å². The van der Waals surface area contributed by atoms with Gasteiger partial charge in [0.05, 0.1) is 21.1 Å². The summed E-state index contributed by atoms with van der Waals surface area (Å²) in [6.07, 6.45) is 0. The van der Waals surface area contributed by atoms with Gasteiger partial charge >= 0.3 is 0 Å². The minimum atomic E-state index is -0.248. The highest BCUT2D eigenvalue weighted by molar-refractivity contribution is 9.11. The summed E-state index contributed by atoms with van der Waals surface area (Å²) < 4.78 is 24.9. The van der Waals surface area contributed by atoms with E-state index in [1.807, 2.05) is 13.0 Å². The molecule has 24 heavy (non-hydrogen) atoms. The molecule has 0 atom stereocenters. The van der Waals surface area contributed by atoms with E-state index in [9.17, 15) is 0 Å². The summed E-state index contributed by atoms with van der Waals surface area (Å²) in [6, 6.07) is 5.69. The molecule has 122 valence electrons. The number of aromatic nitrogens is 2. The molecule has 0 aliphatic heterocycles. The molecular formula is C17H12BrFN2S3. The van der Waals surface area contributed by atoms with E-state index in [1.165, 1.54) is 21.8 Å². The highest BCUT2D eigenvalue weighted by Gasteiger charge is 2.21. The third kappa shape index (κ3) is 2.54. The molecule has 2 nitrogen and oxygen atoms in total. The molecule has 0 amide bonds. The molecule has 0 bridgehead atoms. The Balaban J connectivity index is 2.00. The Bertz CT molecular complexity index is 1040. The summed E-state index contributed by atoms with van der Waals surface area (Å²) in [4.78, 5) is 3.15. The van der Waals surface area contributed by atoms with Gasteiger partial charge in [0.15, 0.2) is 0 Å². The Morgan fingerprint density at radius 2 is 1.62 bits per heavy atom. The lowest BCUT2D eigenvalue weighted by molar-refractivity contribution is 0.633. The van der Waals surface area contributed by atoms with Crippen LogP contribution in [-0.2, 0) is 0 Å². The number of nitrogens with zero attached hydrogens (tertiary/aromatic N) is 2. The Labute approximate surface area is 159 Å². The van der Waals surface area contributed by atoms with Crippen LogP contribution in [0.15, 0.2) is 22.0 Å². The quantitative estimate of drug-likeness (QED) is 0.337. The smallest absolute Gasteiger partial charge is 0.134 e. The van der Waals surface area contributed by atoms with Gasteiger partial charge in [-0.05, 0) is 66.0 Å². The first-order valence-corrected chi connectivity index (χ1v) is 10.4. The lowest BCUT2D eigenvalue weighted by Crippen LogP contribution is -1.88. The summed E-state index contributed by atoms with van der Waals surface area (Å²) in [5, 5.41) is 0. The van der Waals surface area contributed by atoms with E-state index in [1.54, 1.807) is 17.4 Å². The van der Waals surface area contributed by atoms with E-state index in [0.717, 1.165) is 41.9 Å². The van der Waals surface area contributed by atoms with Gasteiger partial charge in [-0.15, -0.1) is 22.7 Å². The molecule has 0 fully saturated rings. The van der Waals surface area contributed by atoms with Crippen LogP contribution < -0.4 is 0 Å². The van der Waals surface area contributed by atoms with E-state index in [0.29, 0.717) is 11.1 Å². The molecule has 0 aliphatic rings. The third-order valence-electron chi connectivity index (χ3n) is 4.03. The van der Waals surface area contributed by atoms with Gasteiger partial charge in [0.2, 0.25) is 0 Å². The van der Waals surface area contributed by atoms with Crippen LogP contribution in [0.1, 0.15) is 16.0 Å². The zero-order valence-electron chi connectivity index (χ0n) is 13.1. The fourth-order valence-electron chi connectivity index (χ4n) is 2.62. The normalized spacial score (nSPS) is 11.5. The van der Waals surface area contributed by atoms with Gasteiger partial charge in [-0.2, -0.15) is 8.75 Å². The monoisotopic (exact) mass is 438 g/mol. The molecule has 0 saturated carbocycles. The van der Waals surface area contributed by atoms with E-state index >= 15 is 4.39 Å². The number of hydrogen-bond donors (Lipinski definition) is 0. The van der Waals surface area contributed by atoms with Gasteiger partial charge in [-0.1, -0.05) is 0 Å². The maximum absolute atomic E-state index is 15.0. The Kier molecular flexibility index (Phi) is 4.07. The van der Waals surface area contributed by atoms with Crippen molar-refractivity contribution in [3.8, 4) is 20.9 Å². The zero-order valence-corrected chi connectivity index (χ0v) is 17.1. The highest BCUT2D eigenvalue weighted by atomic mass is 79.9. The number of hydrogen-bond acceptors (Lipinski definition) is 5. The molecule has 0 unspecified atom stereocenters. The Morgan fingerprint density at radius 1 is 0.917 bits per heavy atom. The van der Waals surface area contributed by atoms with Crippen molar-refractivity contribution in [2.24, 2.45) is 0 Å². The summed E-state index contributed by atoms with van der Waals surface area (Å²) in [7, 11) is 0. The van der Waals surface area contributed by atoms with Gasteiger partial charge in [-0.25, -0.2) is 4.39 Å². The second-order valence-electron chi connectivity index (χ2n) is 5.66. The fraction of sp³-hybridized carbons (Fsp3) is 0.176. The summed E-state index contributed by atoms with van der Waals surface area (Å²) in [5.74, 6) is -0.248. The van der Waals surface area contributed by atoms with E-state index in [2.05, 4.69) is 44.6 Å². The molecule has 1 aromatic carbocycles. The molecule has 3 aromatic heterocycles. The van der Waals surface area contributed by atoms with Crippen LogP contribution in [-0.4, -0.2) is 8.75 Å². The van der Waals surface area contributed by atoms with Gasteiger partial charge in [0.25, 0.3) is 0 Å². The van der Waals surface area contributed by atoms with E-state index in [4.69, 9.17) is 0 Å². The van der Waals surface area contributed by atoms with Crippen molar-refractivity contribution in [2.45, 2.75) is 20.8 Å². The first-order valence-electron chi connectivity index (χ1n) is 7.24. The molecule has 4 aromatic rings. The Morgan fingerprint density at radius 3 is 2.25 bits per heavy atom. The predicted molar refractivity (Wildman–Crippen MR) is 106 cm³/mol. The topological polar surface area (TPSA) is 25.8 Å². The molecule has 4 rings (SSSR count). The predicted octanol–water partition coefficient (Wildman–Crippen LogP) is 6.98. The van der Waals surface area contributed by atoms with Crippen molar-refractivity contribution < 1.29 is 4.39 Å². The highest BCUT2D eigenvalue weighted by Crippen LogP contribution is 2.43. The van der Waals surface area contributed by atoms with Crippen molar-refractivity contribution in [3.63, 3.8) is 0 Å². The third-order valence-corrected chi connectivity index (χ3v) is 7.89. The average molecular weight is 439 g/mol. The summed E-state index contributed by atoms with van der Waals surface area (Å²) in [5.41, 5.74) is 5.11. The summed E-state index contributed by atoms with van der Waals surface area (Å²) >= 11 is 7.84. The number of benzene rings is 1. The van der Waals surface area contributed by atoms with E-state index < -0.39 is 0 Å². The summed E-state index contributed by atoms with van der Waals surface area (Å²) in [6.45, 7) is 6.16. The van der Waals surface area contributed by atoms with Crippen LogP contribution in [0.2, 0.25) is 0 Å². The maximum Gasteiger partial charge on any atom is 0.134 e. The molecule has 3 heterocycles. The molecule has 7 heteroatoms. The van der Waals surface area contributed by atoms with Crippen molar-refractivity contribution in [1.29, 1.82) is 0 Å². The first kappa shape index (κ1) is 16.3. The number of fused-ring (bicyclic) bond motifs is 1. The molecule has 0 spiro atoms. The second-order valence-corrected chi connectivity index (χ2v) is 9.81. The van der Waals surface area contributed by atoms with Crippen LogP contribution in [0.25, 0.3) is 31.9 Å². The van der Waals surface area contributed by atoms with Crippen molar-refractivity contribution >= 4 is 61.4 Å². The van der Waals surface area contributed by atoms with Gasteiger partial charge in [0, 0.05) is 20.2 Å². The fourth-order valence-corrected chi connectivity index (χ4v) is 5.82. The molecule has 0 N–H and O–H groups in total. The minimum Gasteiger partial charge on any atom is -0.206 e. The molecule has 0 aliphatic carbocycles. The Hall–Kier alpha value is -1.15. The van der Waals surface area contributed by atoms with Crippen molar-refractivity contribution in [3.05, 3.63) is 43.8 Å². The van der Waals surface area contributed by atoms with Crippen molar-refractivity contribution in [1.82, 2.24) is 8.75 Å². The molecule has 0 saturated heterocycles. The van der Waals surface area contributed by atoms with Gasteiger partial charge in [0.1, 0.15) is 16.9 Å². The molecule has 0 radical (unpaired) electrons. The van der Waals surface area contributed by atoms with Crippen LogP contribution >= 0.6 is 50.3 Å². The zero-order chi connectivity index (χ0) is 17.0. The van der Waals surface area contributed by atoms with Crippen LogP contribution in [0.5, 0.6) is 0 Å². The maximum atomic E-state index is 15.0. The van der Waals surface area contributed by atoms with Crippen LogP contribution in [0.3, 0.4) is 0 Å². The minimum absolute atomic E-state index is 0.248. The SMILES string of the molecule is Cc1cc(-c2cc(F)c(-c3cc(C)c(Br)s3)c3nsnc23)sc1C. The number of rotatable bonds is 2. The number of aryl methyl sites for hydroxylation is 3. The number of thiophene rings is 2. The molecular weight excluding hydrogens is 427 g/mol. The first-order chi connectivity index (χ1) is 11.5. The number of halogens is 2. The van der Waals surface area contributed by atoms with Crippen LogP contribution in [0, 0.1) is 26.6 Å². The van der Waals surface area contributed by atoms with Crippen LogP contribution in [0.4, 0.5) is 4.39 Å². The van der Waals surface area contributed by atoms with E-state index in [-0.39, 0.29) is 5.82 Å². The average Bonchev–Trinajstić information content (AvgIpc) is 3.20. The second kappa shape index (κ2) is 5.98. The van der Waals surface area contributed by atoms with Gasteiger partial charge in [-0.3, -0.25) is 0 Å². The largest absolute Gasteiger partial charge is 0.206 e. The standard InChI is InChI=1S/C17H12BrFN2S3/c1-7-4-12(22-9(7)3)10-6-11(19)14(16-15(10)20-24-21-16)13-5-8(2)17(18)23-13/h4-6H,1-3H3. The lowest BCUT2D eigenvalue weighted by Gasteiger charge is -2.05. The lowest BCUT2D eigenvalue weighted by atomic mass is 10.0. The van der Waals surface area contributed by atoms with Crippen molar-refractivity contribution in [2.75, 3.05) is 0 Å².